The third-order valence-corrected chi connectivity index (χ3v) is 2.92. The van der Waals surface area contributed by atoms with E-state index in [-0.39, 0.29) is 0 Å². The fourth-order valence-corrected chi connectivity index (χ4v) is 1.71. The molecule has 1 aromatic heterocycles. The Morgan fingerprint density at radius 3 is 2.93 bits per heavy atom. The van der Waals surface area contributed by atoms with E-state index in [1.165, 1.54) is 12.8 Å². The third kappa shape index (κ3) is 2.65. The maximum absolute atomic E-state index is 5.53. The minimum absolute atomic E-state index is 0.345. The van der Waals surface area contributed by atoms with E-state index in [1.54, 1.807) is 0 Å². The fourth-order valence-electron chi connectivity index (χ4n) is 1.60. The summed E-state index contributed by atoms with van der Waals surface area (Å²) in [5.41, 5.74) is 6.21. The van der Waals surface area contributed by atoms with Gasteiger partial charge in [0.15, 0.2) is 0 Å². The molecule has 0 aliphatic heterocycles. The molecule has 80 valence electrons. The van der Waals surface area contributed by atoms with Gasteiger partial charge in [-0.25, -0.2) is 4.98 Å². The average Bonchev–Trinajstić information content (AvgIpc) is 3.01. The van der Waals surface area contributed by atoms with Crippen molar-refractivity contribution in [1.29, 1.82) is 0 Å². The molecule has 4 heteroatoms. The number of pyridine rings is 1. The van der Waals surface area contributed by atoms with E-state index in [2.05, 4.69) is 17.2 Å². The van der Waals surface area contributed by atoms with Gasteiger partial charge in [-0.1, -0.05) is 18.3 Å². The first kappa shape index (κ1) is 10.4. The van der Waals surface area contributed by atoms with Crippen LogP contribution in [0.25, 0.3) is 0 Å². The summed E-state index contributed by atoms with van der Waals surface area (Å²) in [6.45, 7) is 2.19. The zero-order valence-electron chi connectivity index (χ0n) is 8.73. The maximum atomic E-state index is 5.53. The zero-order chi connectivity index (χ0) is 10.8. The van der Waals surface area contributed by atoms with Crippen molar-refractivity contribution in [3.05, 3.63) is 23.9 Å². The van der Waals surface area contributed by atoms with Gasteiger partial charge in [0.2, 0.25) is 0 Å². The summed E-state index contributed by atoms with van der Waals surface area (Å²) in [4.78, 5) is 4.69. The lowest BCUT2D eigenvalue weighted by Gasteiger charge is -2.13. The fraction of sp³-hybridized carbons (Fsp3) is 0.455. The Bertz CT molecular complexity index is 374. The van der Waals surface area contributed by atoms with Gasteiger partial charge in [0, 0.05) is 6.04 Å². The number of rotatable bonds is 4. The van der Waals surface area contributed by atoms with Gasteiger partial charge in [-0.3, -0.25) is 0 Å². The van der Waals surface area contributed by atoms with Crippen LogP contribution in [0.1, 0.15) is 25.5 Å². The first-order valence-electron chi connectivity index (χ1n) is 5.20. The van der Waals surface area contributed by atoms with Crippen LogP contribution in [0.3, 0.4) is 0 Å². The molecule has 1 aromatic rings. The number of nitrogens with one attached hydrogen (secondary N) is 1. The minimum atomic E-state index is 0.345. The molecule has 1 aliphatic rings. The highest BCUT2D eigenvalue weighted by molar-refractivity contribution is 7.80. The van der Waals surface area contributed by atoms with E-state index in [0.717, 1.165) is 11.7 Å². The van der Waals surface area contributed by atoms with Crippen LogP contribution in [0.2, 0.25) is 0 Å². The van der Waals surface area contributed by atoms with Crippen molar-refractivity contribution in [2.24, 2.45) is 11.7 Å². The smallest absolute Gasteiger partial charge is 0.126 e. The van der Waals surface area contributed by atoms with E-state index in [1.807, 2.05) is 18.2 Å². The number of anilines is 1. The quantitative estimate of drug-likeness (QED) is 0.763. The second-order valence-corrected chi connectivity index (χ2v) is 4.48. The van der Waals surface area contributed by atoms with E-state index >= 15 is 0 Å². The lowest BCUT2D eigenvalue weighted by atomic mass is 10.2. The molecule has 1 fully saturated rings. The molecule has 0 spiro atoms. The SMILES string of the molecule is CC(Nc1cccc(C(N)=S)n1)C1CC1. The molecule has 2 rings (SSSR count). The van der Waals surface area contributed by atoms with Crippen LogP contribution >= 0.6 is 12.2 Å². The van der Waals surface area contributed by atoms with Crippen LogP contribution in [-0.4, -0.2) is 16.0 Å². The van der Waals surface area contributed by atoms with Crippen molar-refractivity contribution < 1.29 is 0 Å². The van der Waals surface area contributed by atoms with Gasteiger partial charge in [-0.05, 0) is 37.8 Å². The molecule has 1 atom stereocenters. The highest BCUT2D eigenvalue weighted by Gasteiger charge is 2.27. The highest BCUT2D eigenvalue weighted by atomic mass is 32.1. The average molecular weight is 221 g/mol. The van der Waals surface area contributed by atoms with Crippen LogP contribution in [0.15, 0.2) is 18.2 Å². The Kier molecular flexibility index (Phi) is 2.86. The minimum Gasteiger partial charge on any atom is -0.388 e. The summed E-state index contributed by atoms with van der Waals surface area (Å²) < 4.78 is 0. The molecule has 1 unspecified atom stereocenters. The van der Waals surface area contributed by atoms with Crippen molar-refractivity contribution in [1.82, 2.24) is 4.98 Å². The lowest BCUT2D eigenvalue weighted by molar-refractivity contribution is 0.690. The summed E-state index contributed by atoms with van der Waals surface area (Å²) in [6, 6.07) is 6.18. The summed E-state index contributed by atoms with van der Waals surface area (Å²) in [7, 11) is 0. The molecule has 3 nitrogen and oxygen atoms in total. The number of aromatic nitrogens is 1. The number of hydrogen-bond acceptors (Lipinski definition) is 3. The van der Waals surface area contributed by atoms with Crippen LogP contribution in [0.5, 0.6) is 0 Å². The van der Waals surface area contributed by atoms with Crippen molar-refractivity contribution >= 4 is 23.0 Å². The Morgan fingerprint density at radius 2 is 2.33 bits per heavy atom. The normalized spacial score (nSPS) is 17.1. The molecule has 1 saturated carbocycles. The third-order valence-electron chi connectivity index (χ3n) is 2.71. The van der Waals surface area contributed by atoms with Crippen molar-refractivity contribution in [3.8, 4) is 0 Å². The predicted octanol–water partition coefficient (Wildman–Crippen LogP) is 1.93. The molecule has 1 aliphatic carbocycles. The Morgan fingerprint density at radius 1 is 1.60 bits per heavy atom. The van der Waals surface area contributed by atoms with E-state index in [0.29, 0.717) is 16.7 Å². The van der Waals surface area contributed by atoms with Crippen LogP contribution in [0.4, 0.5) is 5.82 Å². The molecule has 15 heavy (non-hydrogen) atoms. The van der Waals surface area contributed by atoms with E-state index < -0.39 is 0 Å². The van der Waals surface area contributed by atoms with Gasteiger partial charge >= 0.3 is 0 Å². The standard InChI is InChI=1S/C11H15N3S/c1-7(8-5-6-8)13-10-4-2-3-9(14-10)11(12)15/h2-4,7-8H,5-6H2,1H3,(H2,12,15)(H,13,14). The molecule has 0 aromatic carbocycles. The first-order valence-corrected chi connectivity index (χ1v) is 5.61. The molecule has 0 saturated heterocycles. The molecular weight excluding hydrogens is 206 g/mol. The second-order valence-electron chi connectivity index (χ2n) is 4.04. The summed E-state index contributed by atoms with van der Waals surface area (Å²) in [6.07, 6.45) is 2.65. The van der Waals surface area contributed by atoms with Gasteiger partial charge in [0.25, 0.3) is 0 Å². The molecule has 1 heterocycles. The predicted molar refractivity (Wildman–Crippen MR) is 65.9 cm³/mol. The summed E-state index contributed by atoms with van der Waals surface area (Å²) >= 11 is 4.89. The van der Waals surface area contributed by atoms with Gasteiger partial charge in [0.05, 0.1) is 5.69 Å². The van der Waals surface area contributed by atoms with Gasteiger partial charge in [0.1, 0.15) is 10.8 Å². The van der Waals surface area contributed by atoms with E-state index in [4.69, 9.17) is 18.0 Å². The Labute approximate surface area is 95.1 Å². The molecule has 0 radical (unpaired) electrons. The maximum Gasteiger partial charge on any atom is 0.126 e. The monoisotopic (exact) mass is 221 g/mol. The molecule has 0 bridgehead atoms. The summed E-state index contributed by atoms with van der Waals surface area (Å²) in [5, 5.41) is 3.37. The van der Waals surface area contributed by atoms with Gasteiger partial charge in [-0.2, -0.15) is 0 Å². The van der Waals surface area contributed by atoms with E-state index in [9.17, 15) is 0 Å². The first-order chi connectivity index (χ1) is 7.16. The van der Waals surface area contributed by atoms with Crippen LogP contribution < -0.4 is 11.1 Å². The second kappa shape index (κ2) is 4.14. The van der Waals surface area contributed by atoms with Crippen LogP contribution in [0, 0.1) is 5.92 Å². The highest BCUT2D eigenvalue weighted by Crippen LogP contribution is 2.33. The van der Waals surface area contributed by atoms with Crippen molar-refractivity contribution in [2.75, 3.05) is 5.32 Å². The zero-order valence-corrected chi connectivity index (χ0v) is 9.55. The molecule has 3 N–H and O–H groups in total. The number of nitrogens with zero attached hydrogens (tertiary/aromatic N) is 1. The van der Waals surface area contributed by atoms with Crippen molar-refractivity contribution in [3.63, 3.8) is 0 Å². The largest absolute Gasteiger partial charge is 0.388 e. The van der Waals surface area contributed by atoms with Gasteiger partial charge < -0.3 is 11.1 Å². The number of hydrogen-bond donors (Lipinski definition) is 2. The molecular formula is C11H15N3S. The topological polar surface area (TPSA) is 50.9 Å². The summed E-state index contributed by atoms with van der Waals surface area (Å²) in [5.74, 6) is 1.67. The van der Waals surface area contributed by atoms with Crippen LogP contribution in [-0.2, 0) is 0 Å². The Balaban J connectivity index is 2.07. The van der Waals surface area contributed by atoms with Crippen molar-refractivity contribution in [2.45, 2.75) is 25.8 Å². The molecule has 0 amide bonds. The number of thiocarbonyl (C=S) groups is 1. The Hall–Kier alpha value is -1.16. The lowest BCUT2D eigenvalue weighted by Crippen LogP contribution is -2.19. The number of nitrogens with two attached hydrogens (primary N) is 1. The van der Waals surface area contributed by atoms with Gasteiger partial charge in [-0.15, -0.1) is 0 Å².